The van der Waals surface area contributed by atoms with Gasteiger partial charge < -0.3 is 14.4 Å². The van der Waals surface area contributed by atoms with Crippen LogP contribution in [0.2, 0.25) is 0 Å². The fraction of sp³-hybridized carbons (Fsp3) is 0.217. The fourth-order valence-corrected chi connectivity index (χ4v) is 4.42. The third kappa shape index (κ3) is 4.22. The van der Waals surface area contributed by atoms with Gasteiger partial charge in [0.05, 0.1) is 24.7 Å². The maximum absolute atomic E-state index is 10.8. The molecule has 0 fully saturated rings. The number of hydrogen-bond acceptors (Lipinski definition) is 4. The molecule has 6 heteroatoms. The number of methoxy groups -OCH3 is 1. The number of ether oxygens (including phenoxy) is 1. The molecule has 0 aliphatic rings. The van der Waals surface area contributed by atoms with Gasteiger partial charge in [0.25, 0.3) is 0 Å². The zero-order valence-electron chi connectivity index (χ0n) is 16.2. The molecule has 0 aliphatic heterocycles. The Balaban J connectivity index is 1.72. The average molecular weight is 407 g/mol. The van der Waals surface area contributed by atoms with Crippen molar-refractivity contribution < 1.29 is 14.6 Å². The summed E-state index contributed by atoms with van der Waals surface area (Å²) in [5.41, 5.74) is 3.15. The highest BCUT2D eigenvalue weighted by Gasteiger charge is 2.14. The molecule has 5 nitrogen and oxygen atoms in total. The van der Waals surface area contributed by atoms with E-state index in [1.165, 1.54) is 16.3 Å². The molecule has 148 valence electrons. The van der Waals surface area contributed by atoms with Crippen molar-refractivity contribution in [3.63, 3.8) is 0 Å². The molecular weight excluding hydrogens is 384 g/mol. The van der Waals surface area contributed by atoms with Crippen LogP contribution in [0.25, 0.3) is 21.8 Å². The Morgan fingerprint density at radius 3 is 2.79 bits per heavy atom. The maximum Gasteiger partial charge on any atom is 0.303 e. The fourth-order valence-electron chi connectivity index (χ4n) is 3.47. The number of nitrogens with zero attached hydrogens (tertiary/aromatic N) is 2. The van der Waals surface area contributed by atoms with Crippen molar-refractivity contribution >= 4 is 39.5 Å². The summed E-state index contributed by atoms with van der Waals surface area (Å²) in [5.74, 6) is 0.719. The molecule has 0 unspecified atom stereocenters. The van der Waals surface area contributed by atoms with Crippen LogP contribution in [0.1, 0.15) is 18.4 Å². The number of hydrogen-bond donors (Lipinski definition) is 1. The molecule has 0 saturated heterocycles. The van der Waals surface area contributed by atoms with Gasteiger partial charge in [0.1, 0.15) is 5.75 Å². The molecule has 0 amide bonds. The molecule has 1 N–H and O–H groups in total. The molecule has 3 aromatic carbocycles. The van der Waals surface area contributed by atoms with Crippen LogP contribution in [0.4, 0.5) is 0 Å². The van der Waals surface area contributed by atoms with Crippen LogP contribution in [-0.4, -0.2) is 33.5 Å². The number of imidazole rings is 1. The Labute approximate surface area is 173 Å². The Kier molecular flexibility index (Phi) is 5.71. The lowest BCUT2D eigenvalue weighted by molar-refractivity contribution is -0.137. The van der Waals surface area contributed by atoms with E-state index in [1.807, 2.05) is 18.2 Å². The van der Waals surface area contributed by atoms with Crippen LogP contribution in [0.15, 0.2) is 65.8 Å². The summed E-state index contributed by atoms with van der Waals surface area (Å²) in [6, 6.07) is 20.7. The van der Waals surface area contributed by atoms with Crippen LogP contribution in [0.5, 0.6) is 5.75 Å². The second kappa shape index (κ2) is 8.57. The lowest BCUT2D eigenvalue weighted by atomic mass is 10.0. The number of aliphatic carboxylic acids is 1. The average Bonchev–Trinajstić information content (AvgIpc) is 3.07. The standard InChI is InChI=1S/C23H22N2O3S/c1-28-18-11-12-21-20(14-18)24-23(29-13-5-10-22(26)27)25(21)15-17-8-4-7-16-6-2-3-9-19(16)17/h2-4,6-9,11-12,14H,5,10,13,15H2,1H3,(H,26,27). The largest absolute Gasteiger partial charge is 0.497 e. The first kappa shape index (κ1) is 19.3. The predicted molar refractivity (Wildman–Crippen MR) is 117 cm³/mol. The summed E-state index contributed by atoms with van der Waals surface area (Å²) in [7, 11) is 1.65. The first-order valence-corrected chi connectivity index (χ1v) is 10.5. The minimum Gasteiger partial charge on any atom is -0.497 e. The highest BCUT2D eigenvalue weighted by Crippen LogP contribution is 2.30. The summed E-state index contributed by atoms with van der Waals surface area (Å²) in [5, 5.41) is 12.2. The van der Waals surface area contributed by atoms with E-state index in [2.05, 4.69) is 47.0 Å². The number of carboxylic acids is 1. The normalized spacial score (nSPS) is 11.2. The van der Waals surface area contributed by atoms with E-state index < -0.39 is 5.97 Å². The zero-order chi connectivity index (χ0) is 20.2. The number of benzene rings is 3. The molecule has 1 aromatic heterocycles. The Morgan fingerprint density at radius 1 is 1.14 bits per heavy atom. The van der Waals surface area contributed by atoms with E-state index in [9.17, 15) is 4.79 Å². The van der Waals surface area contributed by atoms with Crippen molar-refractivity contribution in [2.45, 2.75) is 24.5 Å². The van der Waals surface area contributed by atoms with Gasteiger partial charge in [0, 0.05) is 18.2 Å². The lowest BCUT2D eigenvalue weighted by Gasteiger charge is -2.12. The molecule has 4 rings (SSSR count). The highest BCUT2D eigenvalue weighted by molar-refractivity contribution is 7.99. The molecule has 4 aromatic rings. The molecule has 0 spiro atoms. The van der Waals surface area contributed by atoms with Crippen LogP contribution >= 0.6 is 11.8 Å². The van der Waals surface area contributed by atoms with Gasteiger partial charge in [-0.2, -0.15) is 0 Å². The number of rotatable bonds is 8. The van der Waals surface area contributed by atoms with Crippen molar-refractivity contribution in [3.05, 3.63) is 66.2 Å². The quantitative estimate of drug-likeness (QED) is 0.322. The van der Waals surface area contributed by atoms with Gasteiger partial charge in [-0.3, -0.25) is 4.79 Å². The van der Waals surface area contributed by atoms with Crippen molar-refractivity contribution in [3.8, 4) is 5.75 Å². The summed E-state index contributed by atoms with van der Waals surface area (Å²) >= 11 is 1.60. The van der Waals surface area contributed by atoms with Gasteiger partial charge in [-0.25, -0.2) is 4.98 Å². The maximum atomic E-state index is 10.8. The molecule has 29 heavy (non-hydrogen) atoms. The van der Waals surface area contributed by atoms with Gasteiger partial charge in [-0.15, -0.1) is 0 Å². The van der Waals surface area contributed by atoms with Gasteiger partial charge in [-0.1, -0.05) is 54.2 Å². The Bertz CT molecular complexity index is 1160. The van der Waals surface area contributed by atoms with Crippen LogP contribution in [0.3, 0.4) is 0 Å². The SMILES string of the molecule is COc1ccc2c(c1)nc(SCCCC(=O)O)n2Cc1cccc2ccccc12. The monoisotopic (exact) mass is 406 g/mol. The zero-order valence-corrected chi connectivity index (χ0v) is 17.0. The first-order chi connectivity index (χ1) is 14.2. The smallest absolute Gasteiger partial charge is 0.303 e. The molecule has 0 atom stereocenters. The van der Waals surface area contributed by atoms with E-state index in [0.29, 0.717) is 18.7 Å². The summed E-state index contributed by atoms with van der Waals surface area (Å²) in [6.45, 7) is 0.700. The molecule has 0 radical (unpaired) electrons. The summed E-state index contributed by atoms with van der Waals surface area (Å²) < 4.78 is 7.56. The molecule has 0 saturated carbocycles. The minimum atomic E-state index is -0.764. The van der Waals surface area contributed by atoms with Gasteiger partial charge in [-0.05, 0) is 34.9 Å². The van der Waals surface area contributed by atoms with E-state index in [-0.39, 0.29) is 6.42 Å². The number of carbonyl (C=O) groups is 1. The number of thioether (sulfide) groups is 1. The topological polar surface area (TPSA) is 64.3 Å². The number of fused-ring (bicyclic) bond motifs is 2. The second-order valence-corrected chi connectivity index (χ2v) is 7.88. The molecule has 1 heterocycles. The third-order valence-electron chi connectivity index (χ3n) is 4.89. The predicted octanol–water partition coefficient (Wildman–Crippen LogP) is 5.20. The van der Waals surface area contributed by atoms with Crippen LogP contribution in [-0.2, 0) is 11.3 Å². The van der Waals surface area contributed by atoms with E-state index >= 15 is 0 Å². The third-order valence-corrected chi connectivity index (χ3v) is 5.96. The Hall–Kier alpha value is -2.99. The van der Waals surface area contributed by atoms with Crippen molar-refractivity contribution in [2.24, 2.45) is 0 Å². The van der Waals surface area contributed by atoms with E-state index in [1.54, 1.807) is 18.9 Å². The van der Waals surface area contributed by atoms with Crippen molar-refractivity contribution in [2.75, 3.05) is 12.9 Å². The number of carboxylic acid groups (broad SMARTS) is 1. The Morgan fingerprint density at radius 2 is 1.97 bits per heavy atom. The van der Waals surface area contributed by atoms with Gasteiger partial charge in [0.15, 0.2) is 5.16 Å². The summed E-state index contributed by atoms with van der Waals surface area (Å²) in [4.78, 5) is 15.6. The molecule has 0 aliphatic carbocycles. The van der Waals surface area contributed by atoms with Crippen LogP contribution in [0, 0.1) is 0 Å². The lowest BCUT2D eigenvalue weighted by Crippen LogP contribution is -2.03. The molecule has 0 bridgehead atoms. The van der Waals surface area contributed by atoms with Crippen molar-refractivity contribution in [1.82, 2.24) is 9.55 Å². The molecular formula is C23H22N2O3S. The summed E-state index contributed by atoms with van der Waals surface area (Å²) in [6.07, 6.45) is 0.783. The van der Waals surface area contributed by atoms with E-state index in [0.717, 1.165) is 21.9 Å². The van der Waals surface area contributed by atoms with Crippen molar-refractivity contribution in [1.29, 1.82) is 0 Å². The van der Waals surface area contributed by atoms with Crippen LogP contribution < -0.4 is 4.74 Å². The number of aromatic nitrogens is 2. The van der Waals surface area contributed by atoms with Gasteiger partial charge in [0.2, 0.25) is 0 Å². The minimum absolute atomic E-state index is 0.171. The highest BCUT2D eigenvalue weighted by atomic mass is 32.2. The van der Waals surface area contributed by atoms with E-state index in [4.69, 9.17) is 14.8 Å². The second-order valence-electron chi connectivity index (χ2n) is 6.82. The van der Waals surface area contributed by atoms with Gasteiger partial charge >= 0.3 is 5.97 Å². The first-order valence-electron chi connectivity index (χ1n) is 9.51.